The van der Waals surface area contributed by atoms with E-state index in [0.29, 0.717) is 26.1 Å². The van der Waals surface area contributed by atoms with Crippen molar-refractivity contribution in [3.8, 4) is 0 Å². The molecule has 29 N–H and O–H groups in total. The van der Waals surface area contributed by atoms with Gasteiger partial charge in [-0.2, -0.15) is 0 Å². The summed E-state index contributed by atoms with van der Waals surface area (Å²) in [4.78, 5) is 171. The number of aliphatic carboxylic acids is 1. The summed E-state index contributed by atoms with van der Waals surface area (Å²) in [6, 6.07) is -17.3. The van der Waals surface area contributed by atoms with Crippen LogP contribution in [-0.4, -0.2) is 244 Å². The summed E-state index contributed by atoms with van der Waals surface area (Å²) in [5.41, 5.74) is 38.5. The largest absolute Gasteiger partial charge is 0.480 e. The minimum Gasteiger partial charge on any atom is -0.480 e. The van der Waals surface area contributed by atoms with Crippen LogP contribution in [0.15, 0.2) is 22.1 Å². The van der Waals surface area contributed by atoms with Gasteiger partial charge in [0.2, 0.25) is 65.0 Å². The van der Waals surface area contributed by atoms with Gasteiger partial charge in [0.1, 0.15) is 54.4 Å². The molecule has 0 fully saturated rings. The minimum absolute atomic E-state index is 0.0394. The number of nitrogens with zero attached hydrogens (tertiary/aromatic N) is 3. The lowest BCUT2D eigenvalue weighted by Crippen LogP contribution is -2.62. The van der Waals surface area contributed by atoms with Crippen molar-refractivity contribution in [1.82, 2.24) is 58.1 Å². The third-order valence-electron chi connectivity index (χ3n) is 13.7. The zero-order valence-electron chi connectivity index (χ0n) is 51.5. The summed E-state index contributed by atoms with van der Waals surface area (Å²) in [5.74, 6) is -13.4. The third-order valence-corrected chi connectivity index (χ3v) is 13.7. The standard InChI is InChI=1S/C53H96N20O17/c1-26(55)41(79)64-33(15-11-21-62-53(59)60)46(84)71-39(29(4)76)50(88)68-34(16-12-24-73-22-8-9-23-73)44(82)67-35(17-18-37(56)78)47(85)70-38(28(3)75)49(87)63-27(2)42(80)65-32(14-10-20-61-52(57)58)43(81)66-31(13-6-7-19-54)45(83)69-36(25-74)48(86)72-40(30(5)77)51(89)90/h8-9,26-36,38-40,74-77H,6-7,10-25,54-55H2,1-5H3,(H2,56,78)(H,63,87)(H,64,79)(H,65,80)(H,66,81)(H,67,82)(H,68,88)(H,69,83)(H,70,85)(H,71,84)(H,72,86)(H,89,90)(H4,57,58,61)(H4,59,60,62)/t26-,27-,28+,29+,30+,31-,32-,33-,34-,35-,36-,38-,39-,40-/m0/s1. The van der Waals surface area contributed by atoms with E-state index >= 15 is 0 Å². The van der Waals surface area contributed by atoms with Crippen molar-refractivity contribution in [2.24, 2.45) is 50.1 Å². The molecule has 0 aliphatic carbocycles. The van der Waals surface area contributed by atoms with Crippen LogP contribution in [-0.2, 0) is 57.5 Å². The van der Waals surface area contributed by atoms with Crippen molar-refractivity contribution in [3.63, 3.8) is 0 Å². The Morgan fingerprint density at radius 3 is 1.21 bits per heavy atom. The maximum absolute atomic E-state index is 14.3. The number of aliphatic hydroxyl groups excluding tert-OH is 4. The summed E-state index contributed by atoms with van der Waals surface area (Å²) in [7, 11) is 0. The molecule has 0 unspecified atom stereocenters. The number of primary amides is 1. The van der Waals surface area contributed by atoms with Gasteiger partial charge in [-0.15, -0.1) is 0 Å². The van der Waals surface area contributed by atoms with E-state index in [-0.39, 0.29) is 82.9 Å². The Bertz CT molecular complexity index is 2490. The fourth-order valence-electron chi connectivity index (χ4n) is 8.56. The Kier molecular flexibility index (Phi) is 37.0. The summed E-state index contributed by atoms with van der Waals surface area (Å²) in [6.45, 7) is 6.64. The van der Waals surface area contributed by atoms with Crippen LogP contribution >= 0.6 is 0 Å². The van der Waals surface area contributed by atoms with E-state index in [2.05, 4.69) is 57.8 Å². The number of amides is 11. The Morgan fingerprint density at radius 2 is 0.811 bits per heavy atom. The summed E-state index contributed by atoms with van der Waals surface area (Å²) < 4.78 is 0. The van der Waals surface area contributed by atoms with E-state index in [1.165, 1.54) is 20.8 Å². The first-order valence-corrected chi connectivity index (χ1v) is 29.4. The Morgan fingerprint density at radius 1 is 0.456 bits per heavy atom. The number of aliphatic hydroxyl groups is 4. The first-order valence-electron chi connectivity index (χ1n) is 29.4. The van der Waals surface area contributed by atoms with Gasteiger partial charge in [0.25, 0.3) is 0 Å². The zero-order chi connectivity index (χ0) is 68.4. The second-order valence-electron chi connectivity index (χ2n) is 21.6. The predicted octanol–water partition coefficient (Wildman–Crippen LogP) is -10.4. The summed E-state index contributed by atoms with van der Waals surface area (Å²) >= 11 is 0. The van der Waals surface area contributed by atoms with Gasteiger partial charge in [0, 0.05) is 32.6 Å². The molecular weight excluding hydrogens is 1190 g/mol. The van der Waals surface area contributed by atoms with Gasteiger partial charge >= 0.3 is 5.97 Å². The first-order chi connectivity index (χ1) is 42.2. The number of carboxylic acids is 1. The molecule has 0 aromatic rings. The molecule has 1 aliphatic rings. The second-order valence-corrected chi connectivity index (χ2v) is 21.6. The molecule has 0 spiro atoms. The van der Waals surface area contributed by atoms with Crippen LogP contribution in [0, 0.1) is 0 Å². The molecule has 0 radical (unpaired) electrons. The van der Waals surface area contributed by atoms with E-state index in [9.17, 15) is 83.1 Å². The van der Waals surface area contributed by atoms with Gasteiger partial charge in [-0.05, 0) is 112 Å². The van der Waals surface area contributed by atoms with Crippen molar-refractivity contribution in [1.29, 1.82) is 0 Å². The number of unbranched alkanes of at least 4 members (excludes halogenated alkanes) is 1. The van der Waals surface area contributed by atoms with Gasteiger partial charge in [0.15, 0.2) is 18.0 Å². The van der Waals surface area contributed by atoms with Crippen molar-refractivity contribution >= 4 is 82.9 Å². The molecule has 0 saturated carbocycles. The van der Waals surface area contributed by atoms with Gasteiger partial charge in [-0.3, -0.25) is 67.6 Å². The number of hydrogen-bond donors (Lipinski definition) is 22. The fourth-order valence-corrected chi connectivity index (χ4v) is 8.56. The molecule has 37 nitrogen and oxygen atoms in total. The molecule has 11 amide bonds. The molecule has 0 bridgehead atoms. The lowest BCUT2D eigenvalue weighted by Gasteiger charge is -2.29. The van der Waals surface area contributed by atoms with Crippen LogP contribution in [0.3, 0.4) is 0 Å². The van der Waals surface area contributed by atoms with Crippen LogP contribution in [0.5, 0.6) is 0 Å². The summed E-state index contributed by atoms with van der Waals surface area (Å²) in [6.07, 6.45) is -1.50. The average molecular weight is 1290 g/mol. The van der Waals surface area contributed by atoms with Crippen LogP contribution in [0.2, 0.25) is 0 Å². The molecule has 510 valence electrons. The van der Waals surface area contributed by atoms with E-state index in [1.54, 1.807) is 0 Å². The lowest BCUT2D eigenvalue weighted by molar-refractivity contribution is -0.145. The summed E-state index contributed by atoms with van der Waals surface area (Å²) in [5, 5.41) is 74.6. The third kappa shape index (κ3) is 30.7. The number of carbonyl (C=O) groups excluding carboxylic acids is 11. The number of nitrogens with one attached hydrogen (secondary N) is 10. The molecule has 0 saturated heterocycles. The highest BCUT2D eigenvalue weighted by Crippen LogP contribution is 2.11. The molecule has 90 heavy (non-hydrogen) atoms. The second kappa shape index (κ2) is 41.8. The van der Waals surface area contributed by atoms with Crippen LogP contribution in [0.25, 0.3) is 0 Å². The highest BCUT2D eigenvalue weighted by Gasteiger charge is 2.37. The highest BCUT2D eigenvalue weighted by atomic mass is 16.4. The van der Waals surface area contributed by atoms with E-state index in [0.717, 1.165) is 13.8 Å². The van der Waals surface area contributed by atoms with E-state index in [1.807, 2.05) is 22.4 Å². The molecule has 1 rings (SSSR count). The molecule has 37 heteroatoms. The van der Waals surface area contributed by atoms with Crippen LogP contribution in [0.4, 0.5) is 0 Å². The predicted molar refractivity (Wildman–Crippen MR) is 324 cm³/mol. The quantitative estimate of drug-likeness (QED) is 0.0117. The van der Waals surface area contributed by atoms with Crippen LogP contribution in [0.1, 0.15) is 105 Å². The smallest absolute Gasteiger partial charge is 0.328 e. The van der Waals surface area contributed by atoms with Gasteiger partial charge in [-0.25, -0.2) is 4.79 Å². The van der Waals surface area contributed by atoms with Crippen molar-refractivity contribution in [2.45, 2.75) is 190 Å². The van der Waals surface area contributed by atoms with Gasteiger partial charge < -0.3 is 119 Å². The highest BCUT2D eigenvalue weighted by molar-refractivity contribution is 5.99. The Labute approximate surface area is 520 Å². The number of nitrogens with two attached hydrogens (primary N) is 7. The molecule has 1 heterocycles. The fraction of sp³-hybridized carbons (Fsp3) is 0.698. The van der Waals surface area contributed by atoms with Gasteiger partial charge in [-0.1, -0.05) is 12.2 Å². The monoisotopic (exact) mass is 1280 g/mol. The van der Waals surface area contributed by atoms with Crippen molar-refractivity contribution in [3.05, 3.63) is 12.2 Å². The molecule has 0 aromatic carbocycles. The average Bonchev–Trinajstić information content (AvgIpc) is 2.12. The maximum Gasteiger partial charge on any atom is 0.328 e. The van der Waals surface area contributed by atoms with E-state index < -0.39 is 175 Å². The molecule has 14 atom stereocenters. The topological polar surface area (TPSA) is 636 Å². The number of rotatable bonds is 44. The SMILES string of the molecule is C[C@H](N)C(=O)N[C@@H](CCCN=C(N)N)C(=O)N[C@H](C(=O)N[C@@H](CCCN1CC=CC1)C(=O)N[C@@H](CCC(N)=O)C(=O)N[C@H](C(=O)N[C@@H](C)C(=O)N[C@@H](CCCN=C(N)N)C(=O)N[C@@H](CCCCN)C(=O)N[C@@H](CO)C(=O)N[C@H](C(=O)O)[C@@H](C)O)[C@@H](C)O)[C@@H](C)O. The molecule has 1 aliphatic heterocycles. The number of carbonyl (C=O) groups is 12. The number of guanidine groups is 2. The van der Waals surface area contributed by atoms with Gasteiger partial charge in [0.05, 0.1) is 31.0 Å². The van der Waals surface area contributed by atoms with E-state index in [4.69, 9.17) is 40.1 Å². The Balaban J connectivity index is 3.52. The molecular formula is C53H96N20O17. The number of hydrogen-bond acceptors (Lipinski definition) is 21. The zero-order valence-corrected chi connectivity index (χ0v) is 51.5. The van der Waals surface area contributed by atoms with Crippen LogP contribution < -0.4 is 93.3 Å². The maximum atomic E-state index is 14.3. The lowest BCUT2D eigenvalue weighted by atomic mass is 10.0. The van der Waals surface area contributed by atoms with Crippen molar-refractivity contribution < 1.29 is 83.1 Å². The first kappa shape index (κ1) is 79.7. The Hall–Kier alpha value is -8.36. The number of aliphatic imine (C=N–C) groups is 2. The van der Waals surface area contributed by atoms with Crippen molar-refractivity contribution in [2.75, 3.05) is 45.9 Å². The number of carboxylic acid groups (broad SMARTS) is 1. The minimum atomic E-state index is -1.90. The molecule has 0 aromatic heterocycles. The normalized spacial score (nSPS) is 16.7.